The third-order valence-corrected chi connectivity index (χ3v) is 6.68. The van der Waals surface area contributed by atoms with E-state index in [9.17, 15) is 9.90 Å². The fourth-order valence-electron chi connectivity index (χ4n) is 4.65. The van der Waals surface area contributed by atoms with Gasteiger partial charge in [0, 0.05) is 24.0 Å². The van der Waals surface area contributed by atoms with E-state index in [1.165, 1.54) is 0 Å². The van der Waals surface area contributed by atoms with Crippen LogP contribution in [0.4, 0.5) is 5.69 Å². The molecular weight excluding hydrogens is 424 g/mol. The average Bonchev–Trinajstić information content (AvgIpc) is 3.28. The largest absolute Gasteiger partial charge is 0.508 e. The molecule has 1 aliphatic carbocycles. The van der Waals surface area contributed by atoms with Crippen molar-refractivity contribution in [3.05, 3.63) is 71.3 Å². The van der Waals surface area contributed by atoms with Crippen molar-refractivity contribution < 1.29 is 9.90 Å². The number of hydrogen-bond acceptors (Lipinski definition) is 4. The summed E-state index contributed by atoms with van der Waals surface area (Å²) in [6, 6.07) is 9.53. The van der Waals surface area contributed by atoms with Gasteiger partial charge < -0.3 is 10.0 Å². The highest BCUT2D eigenvalue weighted by atomic mass is 16.3. The summed E-state index contributed by atoms with van der Waals surface area (Å²) in [5, 5.41) is 14.9. The average molecular weight is 461 g/mol. The minimum atomic E-state index is -0.281. The van der Waals surface area contributed by atoms with Crippen molar-refractivity contribution >= 4 is 11.6 Å². The van der Waals surface area contributed by atoms with E-state index in [0.717, 1.165) is 60.3 Å². The number of nitrogens with zero attached hydrogens (tertiary/aromatic N) is 4. The molecule has 0 spiro atoms. The highest BCUT2D eigenvalue weighted by molar-refractivity contribution is 5.98. The highest BCUT2D eigenvalue weighted by Gasteiger charge is 2.32. The number of rotatable bonds is 8. The number of pyridine rings is 1. The molecule has 6 heteroatoms. The fraction of sp³-hybridized carbons (Fsp3) is 0.464. The zero-order valence-electron chi connectivity index (χ0n) is 20.7. The van der Waals surface area contributed by atoms with Gasteiger partial charge in [-0.1, -0.05) is 39.8 Å². The molecule has 1 unspecified atom stereocenters. The predicted octanol–water partition coefficient (Wildman–Crippen LogP) is 5.81. The van der Waals surface area contributed by atoms with Gasteiger partial charge in [-0.15, -0.1) is 0 Å². The Morgan fingerprint density at radius 3 is 2.71 bits per heavy atom. The van der Waals surface area contributed by atoms with Gasteiger partial charge in [0.05, 0.1) is 30.5 Å². The van der Waals surface area contributed by atoms with Crippen molar-refractivity contribution in [3.8, 4) is 5.75 Å². The van der Waals surface area contributed by atoms with Gasteiger partial charge in [-0.2, -0.15) is 5.10 Å². The van der Waals surface area contributed by atoms with Crippen molar-refractivity contribution in [2.24, 2.45) is 5.92 Å². The molecular formula is C28H36N4O2. The Kier molecular flexibility index (Phi) is 7.35. The molecule has 6 nitrogen and oxygen atoms in total. The first-order chi connectivity index (χ1) is 16.3. The van der Waals surface area contributed by atoms with Crippen LogP contribution >= 0.6 is 0 Å². The van der Waals surface area contributed by atoms with Gasteiger partial charge in [0.15, 0.2) is 0 Å². The van der Waals surface area contributed by atoms with Gasteiger partial charge in [-0.05, 0) is 66.8 Å². The van der Waals surface area contributed by atoms with Crippen LogP contribution in [0.25, 0.3) is 0 Å². The highest BCUT2D eigenvalue weighted by Crippen LogP contribution is 2.38. The number of amides is 1. The molecule has 0 saturated heterocycles. The molecule has 1 aromatic carbocycles. The number of anilines is 1. The molecule has 0 radical (unpaired) electrons. The second kappa shape index (κ2) is 10.4. The molecule has 0 fully saturated rings. The van der Waals surface area contributed by atoms with Crippen LogP contribution in [0.3, 0.4) is 0 Å². The van der Waals surface area contributed by atoms with E-state index in [2.05, 4.69) is 37.8 Å². The van der Waals surface area contributed by atoms with Crippen LogP contribution in [0.1, 0.15) is 81.2 Å². The smallest absolute Gasteiger partial charge is 0.234 e. The number of fused-ring (bicyclic) bond motifs is 1. The van der Waals surface area contributed by atoms with Crippen molar-refractivity contribution in [2.75, 3.05) is 4.90 Å². The quantitative estimate of drug-likeness (QED) is 0.461. The van der Waals surface area contributed by atoms with Crippen LogP contribution in [0, 0.1) is 5.92 Å². The lowest BCUT2D eigenvalue weighted by Crippen LogP contribution is -2.36. The minimum Gasteiger partial charge on any atom is -0.508 e. The molecule has 180 valence electrons. The van der Waals surface area contributed by atoms with E-state index >= 15 is 0 Å². The minimum absolute atomic E-state index is 0.0422. The lowest BCUT2D eigenvalue weighted by Gasteiger charge is -2.31. The van der Waals surface area contributed by atoms with E-state index in [1.807, 2.05) is 52.4 Å². The molecule has 0 saturated carbocycles. The van der Waals surface area contributed by atoms with Crippen molar-refractivity contribution in [3.63, 3.8) is 0 Å². The Morgan fingerprint density at radius 1 is 1.18 bits per heavy atom. The Morgan fingerprint density at radius 2 is 2.00 bits per heavy atom. The number of carbonyl (C=O) groups excluding carboxylic acids is 1. The van der Waals surface area contributed by atoms with E-state index in [-0.39, 0.29) is 17.6 Å². The number of aryl methyl sites for hydroxylation is 1. The first-order valence-electron chi connectivity index (χ1n) is 12.4. The van der Waals surface area contributed by atoms with Crippen LogP contribution in [-0.2, 0) is 24.3 Å². The summed E-state index contributed by atoms with van der Waals surface area (Å²) in [7, 11) is 0. The van der Waals surface area contributed by atoms with Crippen LogP contribution in [-0.4, -0.2) is 25.8 Å². The van der Waals surface area contributed by atoms with Gasteiger partial charge in [0.2, 0.25) is 5.91 Å². The van der Waals surface area contributed by atoms with E-state index in [1.54, 1.807) is 6.07 Å². The van der Waals surface area contributed by atoms with Crippen LogP contribution in [0.5, 0.6) is 5.75 Å². The molecule has 0 aliphatic heterocycles. The maximum absolute atomic E-state index is 14.0. The molecule has 2 heterocycles. The van der Waals surface area contributed by atoms with Crippen molar-refractivity contribution in [1.29, 1.82) is 0 Å². The third-order valence-electron chi connectivity index (χ3n) is 6.68. The van der Waals surface area contributed by atoms with Crippen molar-refractivity contribution in [2.45, 2.75) is 78.3 Å². The summed E-state index contributed by atoms with van der Waals surface area (Å²) in [5.74, 6) is 0.984. The standard InChI is InChI=1S/C28H36N4O2/c1-19(2)13-14-31-17-21(15-30-31)18-32(22-11-12-26(20(3)4)29-16-22)28(34)25-9-5-8-24-23(25)7-6-10-27(24)33/h6-7,10-12,15-17,19-20,25,33H,5,8-9,13-14,18H2,1-4H3. The normalized spacial score (nSPS) is 15.5. The van der Waals surface area contributed by atoms with Crippen LogP contribution < -0.4 is 4.90 Å². The summed E-state index contributed by atoms with van der Waals surface area (Å²) in [6.45, 7) is 9.94. The number of benzene rings is 1. The van der Waals surface area contributed by atoms with Crippen LogP contribution in [0.2, 0.25) is 0 Å². The summed E-state index contributed by atoms with van der Waals surface area (Å²) in [5.41, 5.74) is 4.64. The fourth-order valence-corrected chi connectivity index (χ4v) is 4.65. The molecule has 2 aromatic heterocycles. The molecule has 1 N–H and O–H groups in total. The Bertz CT molecular complexity index is 1120. The zero-order valence-corrected chi connectivity index (χ0v) is 20.7. The van der Waals surface area contributed by atoms with Crippen LogP contribution in [0.15, 0.2) is 48.9 Å². The summed E-state index contributed by atoms with van der Waals surface area (Å²) >= 11 is 0. The van der Waals surface area contributed by atoms with E-state index < -0.39 is 0 Å². The Labute approximate surface area is 202 Å². The van der Waals surface area contributed by atoms with E-state index in [0.29, 0.717) is 18.4 Å². The summed E-state index contributed by atoms with van der Waals surface area (Å²) < 4.78 is 1.96. The lowest BCUT2D eigenvalue weighted by atomic mass is 9.81. The summed E-state index contributed by atoms with van der Waals surface area (Å²) in [6.07, 6.45) is 9.23. The first-order valence-corrected chi connectivity index (χ1v) is 12.4. The lowest BCUT2D eigenvalue weighted by molar-refractivity contribution is -0.120. The Balaban J connectivity index is 1.64. The SMILES string of the molecule is CC(C)CCn1cc(CN(C(=O)C2CCCc3c(O)cccc32)c2ccc(C(C)C)nc2)cn1. The van der Waals surface area contributed by atoms with Crippen molar-refractivity contribution in [1.82, 2.24) is 14.8 Å². The predicted molar refractivity (Wildman–Crippen MR) is 135 cm³/mol. The molecule has 1 aliphatic rings. The molecule has 4 rings (SSSR count). The number of aromatic nitrogens is 3. The molecule has 1 atom stereocenters. The van der Waals surface area contributed by atoms with Gasteiger partial charge >= 0.3 is 0 Å². The topological polar surface area (TPSA) is 71.2 Å². The van der Waals surface area contributed by atoms with Gasteiger partial charge in [0.1, 0.15) is 5.75 Å². The van der Waals surface area contributed by atoms with Gasteiger partial charge in [-0.3, -0.25) is 14.5 Å². The zero-order chi connectivity index (χ0) is 24.2. The number of carbonyl (C=O) groups is 1. The maximum Gasteiger partial charge on any atom is 0.234 e. The number of aromatic hydroxyl groups is 1. The molecule has 1 amide bonds. The second-order valence-electron chi connectivity index (χ2n) is 10.1. The van der Waals surface area contributed by atoms with E-state index in [4.69, 9.17) is 0 Å². The maximum atomic E-state index is 14.0. The number of hydrogen-bond donors (Lipinski definition) is 1. The monoisotopic (exact) mass is 460 g/mol. The summed E-state index contributed by atoms with van der Waals surface area (Å²) in [4.78, 5) is 20.5. The third kappa shape index (κ3) is 5.32. The first kappa shape index (κ1) is 24.0. The molecule has 0 bridgehead atoms. The second-order valence-corrected chi connectivity index (χ2v) is 10.1. The van der Waals surface area contributed by atoms with Gasteiger partial charge in [0.25, 0.3) is 0 Å². The van der Waals surface area contributed by atoms with Gasteiger partial charge in [-0.25, -0.2) is 0 Å². The number of phenols is 1. The Hall–Kier alpha value is -3.15. The molecule has 34 heavy (non-hydrogen) atoms. The molecule has 3 aromatic rings. The number of phenolic OH excluding ortho intramolecular Hbond substituents is 1.